The first-order valence-corrected chi connectivity index (χ1v) is 7.64. The number of amides is 1. The van der Waals surface area contributed by atoms with E-state index in [1.54, 1.807) is 24.1 Å². The maximum absolute atomic E-state index is 13.1. The van der Waals surface area contributed by atoms with E-state index in [2.05, 4.69) is 5.32 Å². The molecule has 1 N–H and O–H groups in total. The van der Waals surface area contributed by atoms with Crippen molar-refractivity contribution in [2.75, 3.05) is 32.1 Å². The van der Waals surface area contributed by atoms with Crippen molar-refractivity contribution in [2.24, 2.45) is 0 Å². The third-order valence-corrected chi connectivity index (χ3v) is 3.50. The lowest BCUT2D eigenvalue weighted by Crippen LogP contribution is -2.33. The summed E-state index contributed by atoms with van der Waals surface area (Å²) in [5.74, 6) is -1.71. The lowest BCUT2D eigenvalue weighted by Gasteiger charge is -2.17. The maximum Gasteiger partial charge on any atom is 0.238 e. The molecule has 0 heterocycles. The highest BCUT2D eigenvalue weighted by Crippen LogP contribution is 2.22. The third-order valence-electron chi connectivity index (χ3n) is 3.18. The van der Waals surface area contributed by atoms with E-state index in [0.29, 0.717) is 23.9 Å². The molecular weight excluding hydrogens is 338 g/mol. The largest absolute Gasteiger partial charge is 0.491 e. The van der Waals surface area contributed by atoms with Crippen LogP contribution in [0, 0.1) is 11.6 Å². The average Bonchev–Trinajstić information content (AvgIpc) is 2.52. The minimum Gasteiger partial charge on any atom is -0.491 e. The second-order valence-corrected chi connectivity index (χ2v) is 5.60. The molecule has 0 atom stereocenters. The van der Waals surface area contributed by atoms with Crippen LogP contribution in [0.1, 0.15) is 0 Å². The average molecular weight is 355 g/mol. The lowest BCUT2D eigenvalue weighted by atomic mass is 10.3. The molecule has 2 rings (SSSR count). The number of likely N-dealkylation sites (N-methyl/N-ethyl adjacent to an activating group) is 1. The molecule has 0 saturated carbocycles. The van der Waals surface area contributed by atoms with Crippen LogP contribution in [0.4, 0.5) is 14.5 Å². The fourth-order valence-corrected chi connectivity index (χ4v) is 2.16. The molecule has 0 aliphatic rings. The molecule has 0 bridgehead atoms. The first-order valence-electron chi connectivity index (χ1n) is 7.26. The van der Waals surface area contributed by atoms with Gasteiger partial charge >= 0.3 is 0 Å². The Morgan fingerprint density at radius 2 is 1.96 bits per heavy atom. The van der Waals surface area contributed by atoms with Gasteiger partial charge in [-0.25, -0.2) is 8.78 Å². The van der Waals surface area contributed by atoms with Gasteiger partial charge in [0.2, 0.25) is 5.91 Å². The molecule has 0 aliphatic heterocycles. The van der Waals surface area contributed by atoms with Gasteiger partial charge in [-0.1, -0.05) is 23.7 Å². The summed E-state index contributed by atoms with van der Waals surface area (Å²) in [6.07, 6.45) is 0. The van der Waals surface area contributed by atoms with E-state index < -0.39 is 11.6 Å². The highest BCUT2D eigenvalue weighted by molar-refractivity contribution is 6.32. The van der Waals surface area contributed by atoms with Crippen LogP contribution in [0.5, 0.6) is 5.75 Å². The van der Waals surface area contributed by atoms with Gasteiger partial charge in [0.25, 0.3) is 0 Å². The van der Waals surface area contributed by atoms with Crippen LogP contribution in [-0.2, 0) is 4.79 Å². The first kappa shape index (κ1) is 18.2. The summed E-state index contributed by atoms with van der Waals surface area (Å²) in [6.45, 7) is 0.944. The molecule has 128 valence electrons. The molecule has 2 aromatic carbocycles. The molecule has 1 amide bonds. The van der Waals surface area contributed by atoms with Gasteiger partial charge in [-0.15, -0.1) is 0 Å². The number of nitrogens with zero attached hydrogens (tertiary/aromatic N) is 1. The molecule has 0 saturated heterocycles. The summed E-state index contributed by atoms with van der Waals surface area (Å²) in [6, 6.07) is 10.3. The van der Waals surface area contributed by atoms with Gasteiger partial charge in [0.05, 0.1) is 11.6 Å². The van der Waals surface area contributed by atoms with Crippen molar-refractivity contribution >= 4 is 23.2 Å². The standard InChI is InChI=1S/C17H17ClF2N2O2/c1-22(8-9-24-16-5-3-2-4-13(16)18)11-17(23)21-12-6-7-14(19)15(20)10-12/h2-7,10H,8-9,11H2,1H3,(H,21,23). The molecule has 0 unspecified atom stereocenters. The Morgan fingerprint density at radius 3 is 2.67 bits per heavy atom. The number of halogens is 3. The van der Waals surface area contributed by atoms with Crippen LogP contribution in [0.3, 0.4) is 0 Å². The minimum absolute atomic E-state index is 0.0882. The van der Waals surface area contributed by atoms with Crippen molar-refractivity contribution < 1.29 is 18.3 Å². The Labute approximate surface area is 144 Å². The van der Waals surface area contributed by atoms with Crippen LogP contribution in [0.2, 0.25) is 5.02 Å². The van der Waals surface area contributed by atoms with E-state index in [1.165, 1.54) is 6.07 Å². The Balaban J connectivity index is 1.75. The topological polar surface area (TPSA) is 41.6 Å². The third kappa shape index (κ3) is 5.47. The molecule has 24 heavy (non-hydrogen) atoms. The van der Waals surface area contributed by atoms with E-state index >= 15 is 0 Å². The summed E-state index contributed by atoms with van der Waals surface area (Å²) >= 11 is 5.98. The summed E-state index contributed by atoms with van der Waals surface area (Å²) < 4.78 is 31.5. The minimum atomic E-state index is -1.01. The summed E-state index contributed by atoms with van der Waals surface area (Å²) in [7, 11) is 1.75. The highest BCUT2D eigenvalue weighted by Gasteiger charge is 2.09. The van der Waals surface area contributed by atoms with Crippen molar-refractivity contribution in [3.05, 3.63) is 59.1 Å². The SMILES string of the molecule is CN(CCOc1ccccc1Cl)CC(=O)Nc1ccc(F)c(F)c1. The van der Waals surface area contributed by atoms with E-state index in [4.69, 9.17) is 16.3 Å². The highest BCUT2D eigenvalue weighted by atomic mass is 35.5. The van der Waals surface area contributed by atoms with E-state index in [1.807, 2.05) is 12.1 Å². The Bertz CT molecular complexity index is 713. The molecule has 0 spiro atoms. The zero-order valence-electron chi connectivity index (χ0n) is 13.1. The van der Waals surface area contributed by atoms with E-state index in [-0.39, 0.29) is 18.1 Å². The van der Waals surface area contributed by atoms with Gasteiger partial charge in [0.15, 0.2) is 11.6 Å². The summed E-state index contributed by atoms with van der Waals surface area (Å²) in [4.78, 5) is 13.6. The molecule has 0 radical (unpaired) electrons. The van der Waals surface area contributed by atoms with E-state index in [0.717, 1.165) is 12.1 Å². The number of para-hydroxylation sites is 1. The van der Waals surface area contributed by atoms with Crippen LogP contribution in [-0.4, -0.2) is 37.6 Å². The first-order chi connectivity index (χ1) is 11.5. The van der Waals surface area contributed by atoms with Crippen molar-refractivity contribution in [3.8, 4) is 5.75 Å². The quantitative estimate of drug-likeness (QED) is 0.826. The second-order valence-electron chi connectivity index (χ2n) is 5.19. The number of benzene rings is 2. The zero-order chi connectivity index (χ0) is 17.5. The van der Waals surface area contributed by atoms with Crippen LogP contribution >= 0.6 is 11.6 Å². The second kappa shape index (κ2) is 8.61. The van der Waals surface area contributed by atoms with Crippen molar-refractivity contribution in [2.45, 2.75) is 0 Å². The van der Waals surface area contributed by atoms with E-state index in [9.17, 15) is 13.6 Å². The number of rotatable bonds is 7. The number of hydrogen-bond donors (Lipinski definition) is 1. The fraction of sp³-hybridized carbons (Fsp3) is 0.235. The Morgan fingerprint density at radius 1 is 1.21 bits per heavy atom. The maximum atomic E-state index is 13.1. The monoisotopic (exact) mass is 354 g/mol. The van der Waals surface area contributed by atoms with Gasteiger partial charge in [-0.3, -0.25) is 9.69 Å². The van der Waals surface area contributed by atoms with Crippen LogP contribution < -0.4 is 10.1 Å². The molecule has 0 fully saturated rings. The number of hydrogen-bond acceptors (Lipinski definition) is 3. The van der Waals surface area contributed by atoms with Gasteiger partial charge in [-0.2, -0.15) is 0 Å². The predicted octanol–water partition coefficient (Wildman–Crippen LogP) is 3.57. The Hall–Kier alpha value is -2.18. The molecular formula is C17H17ClF2N2O2. The number of anilines is 1. The lowest BCUT2D eigenvalue weighted by molar-refractivity contribution is -0.117. The van der Waals surface area contributed by atoms with Crippen molar-refractivity contribution in [1.82, 2.24) is 4.90 Å². The number of ether oxygens (including phenoxy) is 1. The summed E-state index contributed by atoms with van der Waals surface area (Å²) in [5, 5.41) is 3.03. The molecule has 4 nitrogen and oxygen atoms in total. The Kier molecular flexibility index (Phi) is 6.52. The predicted molar refractivity (Wildman–Crippen MR) is 89.4 cm³/mol. The van der Waals surface area contributed by atoms with Crippen LogP contribution in [0.15, 0.2) is 42.5 Å². The molecule has 0 aliphatic carbocycles. The zero-order valence-corrected chi connectivity index (χ0v) is 13.8. The van der Waals surface area contributed by atoms with Gasteiger partial charge in [0, 0.05) is 18.3 Å². The summed E-state index contributed by atoms with van der Waals surface area (Å²) in [5.41, 5.74) is 0.208. The number of carbonyl (C=O) groups is 1. The fourth-order valence-electron chi connectivity index (χ4n) is 1.97. The van der Waals surface area contributed by atoms with Crippen molar-refractivity contribution in [3.63, 3.8) is 0 Å². The normalized spacial score (nSPS) is 10.7. The molecule has 2 aromatic rings. The van der Waals surface area contributed by atoms with Gasteiger partial charge < -0.3 is 10.1 Å². The van der Waals surface area contributed by atoms with Gasteiger partial charge in [-0.05, 0) is 31.3 Å². The van der Waals surface area contributed by atoms with Gasteiger partial charge in [0.1, 0.15) is 12.4 Å². The molecule has 7 heteroatoms. The smallest absolute Gasteiger partial charge is 0.238 e. The van der Waals surface area contributed by atoms with Crippen LogP contribution in [0.25, 0.3) is 0 Å². The molecule has 0 aromatic heterocycles. The van der Waals surface area contributed by atoms with Crippen molar-refractivity contribution in [1.29, 1.82) is 0 Å². The number of carbonyl (C=O) groups excluding carboxylic acids is 1. The number of nitrogens with one attached hydrogen (secondary N) is 1.